The Balaban J connectivity index is 1.36. The van der Waals surface area contributed by atoms with Gasteiger partial charge in [-0.15, -0.1) is 5.10 Å². The molecule has 4 heterocycles. The maximum Gasteiger partial charge on any atom is 0.291 e. The van der Waals surface area contributed by atoms with Gasteiger partial charge in [-0.05, 0) is 31.2 Å². The zero-order valence-corrected chi connectivity index (χ0v) is 20.5. The number of aryl methyl sites for hydroxylation is 1. The van der Waals surface area contributed by atoms with Crippen molar-refractivity contribution in [1.29, 1.82) is 0 Å². The Bertz CT molecular complexity index is 2020. The Kier molecular flexibility index (Phi) is 4.87. The van der Waals surface area contributed by atoms with Gasteiger partial charge in [-0.1, -0.05) is 78.1 Å². The zero-order valence-electron chi connectivity index (χ0n) is 19.7. The predicted molar refractivity (Wildman–Crippen MR) is 145 cm³/mol. The van der Waals surface area contributed by atoms with Crippen LogP contribution in [0.4, 0.5) is 0 Å². The van der Waals surface area contributed by atoms with Crippen molar-refractivity contribution in [2.75, 3.05) is 0 Å². The van der Waals surface area contributed by atoms with Crippen LogP contribution in [0.15, 0.2) is 100 Å². The van der Waals surface area contributed by atoms with E-state index in [1.165, 1.54) is 15.9 Å². The van der Waals surface area contributed by atoms with E-state index in [9.17, 15) is 4.79 Å². The van der Waals surface area contributed by atoms with Crippen LogP contribution < -0.4 is 10.1 Å². The highest BCUT2D eigenvalue weighted by Gasteiger charge is 2.19. The van der Waals surface area contributed by atoms with Gasteiger partial charge in [0.15, 0.2) is 5.76 Å². The fourth-order valence-electron chi connectivity index (χ4n) is 4.49. The first-order valence-corrected chi connectivity index (χ1v) is 12.6. The number of nitrogens with zero attached hydrogens (tertiary/aromatic N) is 5. The van der Waals surface area contributed by atoms with Crippen LogP contribution in [0.2, 0.25) is 0 Å². The molecule has 0 aliphatic carbocycles. The average molecular weight is 502 g/mol. The number of para-hydroxylation sites is 2. The van der Waals surface area contributed by atoms with E-state index < -0.39 is 0 Å². The molecule has 0 unspecified atom stereocenters. The van der Waals surface area contributed by atoms with Gasteiger partial charge in [0.05, 0.1) is 15.9 Å². The number of aromatic nitrogens is 5. The summed E-state index contributed by atoms with van der Waals surface area (Å²) < 4.78 is 9.72. The molecule has 0 amide bonds. The molecule has 0 aliphatic heterocycles. The lowest BCUT2D eigenvalue weighted by atomic mass is 10.1. The third kappa shape index (κ3) is 3.57. The molecule has 0 spiro atoms. The number of fused-ring (bicyclic) bond motifs is 2. The highest BCUT2D eigenvalue weighted by Crippen LogP contribution is 2.31. The first-order valence-electron chi connectivity index (χ1n) is 11.8. The van der Waals surface area contributed by atoms with Crippen molar-refractivity contribution in [3.8, 4) is 28.5 Å². The Hall–Kier alpha value is -4.82. The summed E-state index contributed by atoms with van der Waals surface area (Å²) >= 11 is 1.30. The minimum absolute atomic E-state index is 0.223. The molecular formula is C29H19N5O2S. The number of thiazole rings is 1. The van der Waals surface area contributed by atoms with Crippen molar-refractivity contribution in [1.82, 2.24) is 24.4 Å². The first kappa shape index (κ1) is 21.5. The van der Waals surface area contributed by atoms with E-state index in [2.05, 4.69) is 10.1 Å². The second-order valence-corrected chi connectivity index (χ2v) is 9.69. The van der Waals surface area contributed by atoms with Gasteiger partial charge in [-0.25, -0.2) is 4.68 Å². The normalized spacial score (nSPS) is 12.2. The topological polar surface area (TPSA) is 78.2 Å². The molecule has 8 heteroatoms. The van der Waals surface area contributed by atoms with Crippen LogP contribution in [-0.2, 0) is 0 Å². The smallest absolute Gasteiger partial charge is 0.291 e. The second-order valence-electron chi connectivity index (χ2n) is 8.68. The van der Waals surface area contributed by atoms with E-state index in [1.807, 2.05) is 109 Å². The van der Waals surface area contributed by atoms with E-state index in [-0.39, 0.29) is 5.56 Å². The third-order valence-electron chi connectivity index (χ3n) is 6.33. The van der Waals surface area contributed by atoms with E-state index >= 15 is 0 Å². The van der Waals surface area contributed by atoms with Crippen molar-refractivity contribution in [2.45, 2.75) is 6.92 Å². The molecule has 0 aliphatic rings. The fraction of sp³-hybridized carbons (Fsp3) is 0.0345. The molecule has 4 aromatic heterocycles. The number of benzene rings is 3. The van der Waals surface area contributed by atoms with Crippen LogP contribution in [0.3, 0.4) is 0 Å². The summed E-state index contributed by atoms with van der Waals surface area (Å²) in [4.78, 5) is 18.5. The summed E-state index contributed by atoms with van der Waals surface area (Å²) in [7, 11) is 0. The number of hydrogen-bond acceptors (Lipinski definition) is 6. The summed E-state index contributed by atoms with van der Waals surface area (Å²) in [5.41, 5.74) is 5.04. The zero-order chi connectivity index (χ0) is 24.9. The van der Waals surface area contributed by atoms with E-state index in [4.69, 9.17) is 9.52 Å². The molecule has 0 bridgehead atoms. The van der Waals surface area contributed by atoms with Gasteiger partial charge in [0, 0.05) is 28.3 Å². The van der Waals surface area contributed by atoms with Crippen molar-refractivity contribution < 1.29 is 4.42 Å². The molecule has 0 atom stereocenters. The predicted octanol–water partition coefficient (Wildman–Crippen LogP) is 5.27. The molecule has 0 saturated carbocycles. The highest BCUT2D eigenvalue weighted by molar-refractivity contribution is 7.15. The van der Waals surface area contributed by atoms with Gasteiger partial charge in [-0.2, -0.15) is 14.6 Å². The Labute approximate surface area is 214 Å². The lowest BCUT2D eigenvalue weighted by molar-refractivity contribution is 0.622. The van der Waals surface area contributed by atoms with Crippen molar-refractivity contribution in [3.63, 3.8) is 0 Å². The van der Waals surface area contributed by atoms with Gasteiger partial charge in [0.25, 0.3) is 5.56 Å². The minimum atomic E-state index is -0.223. The Morgan fingerprint density at radius 2 is 1.62 bits per heavy atom. The average Bonchev–Trinajstić information content (AvgIpc) is 3.69. The molecular weight excluding hydrogens is 482 g/mol. The van der Waals surface area contributed by atoms with Crippen molar-refractivity contribution in [3.05, 3.63) is 117 Å². The van der Waals surface area contributed by atoms with Crippen LogP contribution in [0.25, 0.3) is 50.5 Å². The van der Waals surface area contributed by atoms with Gasteiger partial charge < -0.3 is 4.42 Å². The van der Waals surface area contributed by atoms with Crippen LogP contribution in [-0.4, -0.2) is 24.4 Å². The summed E-state index contributed by atoms with van der Waals surface area (Å²) in [5, 5.41) is 10.4. The Morgan fingerprint density at radius 1 is 0.892 bits per heavy atom. The van der Waals surface area contributed by atoms with Crippen molar-refractivity contribution >= 4 is 33.3 Å². The number of hydrogen-bond donors (Lipinski definition) is 0. The SMILES string of the molecule is Cc1c(-c2nc3s/c(=C\c4cn(-c5ccccc5)nc4-c4ccccc4)c(=O)n3n2)oc2ccccc12. The Morgan fingerprint density at radius 3 is 2.38 bits per heavy atom. The van der Waals surface area contributed by atoms with Crippen LogP contribution in [0.5, 0.6) is 0 Å². The van der Waals surface area contributed by atoms with Crippen LogP contribution in [0, 0.1) is 6.92 Å². The summed E-state index contributed by atoms with van der Waals surface area (Å²) in [6, 6.07) is 27.7. The third-order valence-corrected chi connectivity index (χ3v) is 7.28. The van der Waals surface area contributed by atoms with Gasteiger partial charge in [0.1, 0.15) is 5.58 Å². The molecule has 0 radical (unpaired) electrons. The molecule has 37 heavy (non-hydrogen) atoms. The van der Waals surface area contributed by atoms with Gasteiger partial charge in [0.2, 0.25) is 10.8 Å². The molecule has 7 nitrogen and oxygen atoms in total. The molecule has 7 aromatic rings. The largest absolute Gasteiger partial charge is 0.452 e. The summed E-state index contributed by atoms with van der Waals surface area (Å²) in [6.07, 6.45) is 3.81. The summed E-state index contributed by atoms with van der Waals surface area (Å²) in [5.74, 6) is 0.989. The van der Waals surface area contributed by atoms with Crippen molar-refractivity contribution in [2.24, 2.45) is 0 Å². The standard InChI is InChI=1S/C29H19N5O2S/c1-18-22-14-8-9-15-23(22)36-26(18)27-30-29-34(32-27)28(35)24(37-29)16-20-17-33(21-12-6-3-7-13-21)31-25(20)19-10-4-2-5-11-19/h2-17H,1H3/b24-16-. The summed E-state index contributed by atoms with van der Waals surface area (Å²) in [6.45, 7) is 1.98. The fourth-order valence-corrected chi connectivity index (χ4v) is 5.38. The van der Waals surface area contributed by atoms with Gasteiger partial charge >= 0.3 is 0 Å². The lowest BCUT2D eigenvalue weighted by Crippen LogP contribution is -2.23. The lowest BCUT2D eigenvalue weighted by Gasteiger charge is -2.00. The molecule has 178 valence electrons. The molecule has 0 saturated heterocycles. The minimum Gasteiger partial charge on any atom is -0.452 e. The molecule has 0 fully saturated rings. The second kappa shape index (κ2) is 8.39. The van der Waals surface area contributed by atoms with E-state index in [1.54, 1.807) is 0 Å². The highest BCUT2D eigenvalue weighted by atomic mass is 32.1. The van der Waals surface area contributed by atoms with Crippen LogP contribution in [0.1, 0.15) is 11.1 Å². The number of furan rings is 1. The van der Waals surface area contributed by atoms with E-state index in [0.717, 1.165) is 39.0 Å². The molecule has 3 aromatic carbocycles. The maximum absolute atomic E-state index is 13.3. The van der Waals surface area contributed by atoms with E-state index in [0.29, 0.717) is 21.1 Å². The monoisotopic (exact) mass is 501 g/mol. The van der Waals surface area contributed by atoms with Gasteiger partial charge in [-0.3, -0.25) is 4.79 Å². The first-order chi connectivity index (χ1) is 18.2. The maximum atomic E-state index is 13.3. The van der Waals surface area contributed by atoms with Crippen LogP contribution >= 0.6 is 11.3 Å². The quantitative estimate of drug-likeness (QED) is 0.328. The molecule has 0 N–H and O–H groups in total. The molecule has 7 rings (SSSR count). The number of rotatable bonds is 4.